The van der Waals surface area contributed by atoms with Crippen LogP contribution in [0, 0.1) is 6.92 Å². The molecule has 5 heteroatoms. The zero-order chi connectivity index (χ0) is 16.2. The van der Waals surface area contributed by atoms with Gasteiger partial charge in [0.1, 0.15) is 11.5 Å². The predicted molar refractivity (Wildman–Crippen MR) is 87.2 cm³/mol. The Balaban J connectivity index is 1.63. The van der Waals surface area contributed by atoms with E-state index in [0.717, 1.165) is 22.8 Å². The monoisotopic (exact) mass is 309 g/mol. The highest BCUT2D eigenvalue weighted by molar-refractivity contribution is 5.78. The number of aryl methyl sites for hydroxylation is 1. The summed E-state index contributed by atoms with van der Waals surface area (Å²) in [5.41, 5.74) is 1.87. The van der Waals surface area contributed by atoms with Crippen LogP contribution >= 0.6 is 0 Å². The minimum atomic E-state index is 0.0339. The van der Waals surface area contributed by atoms with Crippen molar-refractivity contribution in [2.24, 2.45) is 0 Å². The smallest absolute Gasteiger partial charge is 0.227 e. The van der Waals surface area contributed by atoms with E-state index in [1.165, 1.54) is 0 Å². The van der Waals surface area contributed by atoms with Gasteiger partial charge in [-0.1, -0.05) is 18.2 Å². The molecule has 0 aliphatic rings. The van der Waals surface area contributed by atoms with Gasteiger partial charge in [0.15, 0.2) is 0 Å². The third-order valence-corrected chi connectivity index (χ3v) is 3.63. The SMILES string of the molecule is Cc1ccc(CN(C)C(=O)Cc2cnn(-c3ccccc3)c2)o1. The number of nitrogens with zero attached hydrogens (tertiary/aromatic N) is 3. The molecular formula is C18H19N3O2. The summed E-state index contributed by atoms with van der Waals surface area (Å²) in [6.07, 6.45) is 3.94. The zero-order valence-electron chi connectivity index (χ0n) is 13.3. The molecular weight excluding hydrogens is 290 g/mol. The van der Waals surface area contributed by atoms with Crippen LogP contribution in [-0.2, 0) is 17.8 Å². The minimum Gasteiger partial charge on any atom is -0.464 e. The van der Waals surface area contributed by atoms with Gasteiger partial charge in [-0.2, -0.15) is 5.10 Å². The number of furan rings is 1. The van der Waals surface area contributed by atoms with Gasteiger partial charge in [0.05, 0.1) is 24.8 Å². The Morgan fingerprint density at radius 3 is 2.70 bits per heavy atom. The summed E-state index contributed by atoms with van der Waals surface area (Å²) in [6, 6.07) is 13.6. The highest BCUT2D eigenvalue weighted by Crippen LogP contribution is 2.11. The molecule has 23 heavy (non-hydrogen) atoms. The van der Waals surface area contributed by atoms with E-state index in [0.29, 0.717) is 13.0 Å². The molecule has 0 spiro atoms. The van der Waals surface area contributed by atoms with Crippen LogP contribution in [0.3, 0.4) is 0 Å². The second-order valence-electron chi connectivity index (χ2n) is 5.57. The minimum absolute atomic E-state index is 0.0339. The third-order valence-electron chi connectivity index (χ3n) is 3.63. The van der Waals surface area contributed by atoms with E-state index in [-0.39, 0.29) is 5.91 Å². The van der Waals surface area contributed by atoms with Crippen LogP contribution in [-0.4, -0.2) is 27.6 Å². The third kappa shape index (κ3) is 3.69. The second kappa shape index (κ2) is 6.52. The van der Waals surface area contributed by atoms with E-state index in [1.54, 1.807) is 22.8 Å². The largest absolute Gasteiger partial charge is 0.464 e. The number of rotatable bonds is 5. The maximum atomic E-state index is 12.3. The lowest BCUT2D eigenvalue weighted by Gasteiger charge is -2.15. The van der Waals surface area contributed by atoms with Crippen molar-refractivity contribution in [1.82, 2.24) is 14.7 Å². The molecule has 1 amide bonds. The first kappa shape index (κ1) is 15.1. The molecule has 2 heterocycles. The molecule has 0 saturated heterocycles. The Morgan fingerprint density at radius 2 is 2.00 bits per heavy atom. The summed E-state index contributed by atoms with van der Waals surface area (Å²) in [7, 11) is 1.78. The quantitative estimate of drug-likeness (QED) is 0.728. The van der Waals surface area contributed by atoms with E-state index >= 15 is 0 Å². The molecule has 3 aromatic rings. The van der Waals surface area contributed by atoms with E-state index < -0.39 is 0 Å². The number of hydrogen-bond donors (Lipinski definition) is 0. The fourth-order valence-corrected chi connectivity index (χ4v) is 2.37. The standard InChI is InChI=1S/C18H19N3O2/c1-14-8-9-17(23-14)13-20(2)18(22)10-15-11-19-21(12-15)16-6-4-3-5-7-16/h3-9,11-12H,10,13H2,1-2H3. The van der Waals surface area contributed by atoms with Crippen molar-refractivity contribution in [3.05, 3.63) is 71.9 Å². The first-order chi connectivity index (χ1) is 11.1. The van der Waals surface area contributed by atoms with Gasteiger partial charge >= 0.3 is 0 Å². The molecule has 0 saturated carbocycles. The number of para-hydroxylation sites is 1. The van der Waals surface area contributed by atoms with Crippen molar-refractivity contribution >= 4 is 5.91 Å². The maximum absolute atomic E-state index is 12.3. The van der Waals surface area contributed by atoms with Crippen LogP contribution in [0.1, 0.15) is 17.1 Å². The Bertz CT molecular complexity index is 789. The Kier molecular flexibility index (Phi) is 4.28. The Morgan fingerprint density at radius 1 is 1.22 bits per heavy atom. The number of carbonyl (C=O) groups is 1. The van der Waals surface area contributed by atoms with Crippen molar-refractivity contribution in [3.63, 3.8) is 0 Å². The summed E-state index contributed by atoms with van der Waals surface area (Å²) in [5.74, 6) is 1.68. The van der Waals surface area contributed by atoms with E-state index in [4.69, 9.17) is 4.42 Å². The average Bonchev–Trinajstić information content (AvgIpc) is 3.17. The highest BCUT2D eigenvalue weighted by atomic mass is 16.3. The molecule has 1 aromatic carbocycles. The summed E-state index contributed by atoms with van der Waals surface area (Å²) in [6.45, 7) is 2.36. The van der Waals surface area contributed by atoms with Crippen molar-refractivity contribution in [3.8, 4) is 5.69 Å². The van der Waals surface area contributed by atoms with Crippen LogP contribution in [0.25, 0.3) is 5.69 Å². The summed E-state index contributed by atoms with van der Waals surface area (Å²) >= 11 is 0. The van der Waals surface area contributed by atoms with E-state index in [1.807, 2.05) is 55.6 Å². The highest BCUT2D eigenvalue weighted by Gasteiger charge is 2.13. The van der Waals surface area contributed by atoms with Gasteiger partial charge in [-0.3, -0.25) is 4.79 Å². The van der Waals surface area contributed by atoms with Crippen molar-refractivity contribution < 1.29 is 9.21 Å². The van der Waals surface area contributed by atoms with Crippen LogP contribution in [0.15, 0.2) is 59.3 Å². The molecule has 2 aromatic heterocycles. The molecule has 0 fully saturated rings. The summed E-state index contributed by atoms with van der Waals surface area (Å²) < 4.78 is 7.28. The molecule has 5 nitrogen and oxygen atoms in total. The fourth-order valence-electron chi connectivity index (χ4n) is 2.37. The molecule has 0 aliphatic carbocycles. The molecule has 0 atom stereocenters. The number of amides is 1. The van der Waals surface area contributed by atoms with Gasteiger partial charge in [-0.05, 0) is 36.8 Å². The number of hydrogen-bond acceptors (Lipinski definition) is 3. The molecule has 3 rings (SSSR count). The van der Waals surface area contributed by atoms with E-state index in [2.05, 4.69) is 5.10 Å². The van der Waals surface area contributed by atoms with Gasteiger partial charge in [0, 0.05) is 13.2 Å². The van der Waals surface area contributed by atoms with Crippen LogP contribution in [0.4, 0.5) is 0 Å². The van der Waals surface area contributed by atoms with Crippen molar-refractivity contribution in [1.29, 1.82) is 0 Å². The molecule has 0 unspecified atom stereocenters. The number of likely N-dealkylation sites (N-methyl/N-ethyl adjacent to an activating group) is 1. The normalized spacial score (nSPS) is 10.7. The molecule has 118 valence electrons. The lowest BCUT2D eigenvalue weighted by molar-refractivity contribution is -0.129. The number of aromatic nitrogens is 2. The second-order valence-corrected chi connectivity index (χ2v) is 5.57. The van der Waals surface area contributed by atoms with Crippen LogP contribution < -0.4 is 0 Å². The van der Waals surface area contributed by atoms with E-state index in [9.17, 15) is 4.79 Å². The molecule has 0 aliphatic heterocycles. The lowest BCUT2D eigenvalue weighted by atomic mass is 10.2. The van der Waals surface area contributed by atoms with Crippen molar-refractivity contribution in [2.45, 2.75) is 19.9 Å². The van der Waals surface area contributed by atoms with Gasteiger partial charge in [0.2, 0.25) is 5.91 Å². The fraction of sp³-hybridized carbons (Fsp3) is 0.222. The van der Waals surface area contributed by atoms with Gasteiger partial charge in [0.25, 0.3) is 0 Å². The maximum Gasteiger partial charge on any atom is 0.227 e. The molecule has 0 bridgehead atoms. The zero-order valence-corrected chi connectivity index (χ0v) is 13.3. The number of benzene rings is 1. The lowest BCUT2D eigenvalue weighted by Crippen LogP contribution is -2.27. The summed E-state index contributed by atoms with van der Waals surface area (Å²) in [4.78, 5) is 14.0. The van der Waals surface area contributed by atoms with Crippen molar-refractivity contribution in [2.75, 3.05) is 7.05 Å². The topological polar surface area (TPSA) is 51.3 Å². The van der Waals surface area contributed by atoms with Gasteiger partial charge in [-0.25, -0.2) is 4.68 Å². The average molecular weight is 309 g/mol. The first-order valence-electron chi connectivity index (χ1n) is 7.50. The molecule has 0 N–H and O–H groups in total. The van der Waals surface area contributed by atoms with Gasteiger partial charge < -0.3 is 9.32 Å². The van der Waals surface area contributed by atoms with Gasteiger partial charge in [-0.15, -0.1) is 0 Å². The van der Waals surface area contributed by atoms with Crippen LogP contribution in [0.2, 0.25) is 0 Å². The summed E-state index contributed by atoms with van der Waals surface area (Å²) in [5, 5.41) is 4.31. The Labute approximate surface area is 135 Å². The Hall–Kier alpha value is -2.82. The van der Waals surface area contributed by atoms with Crippen LogP contribution in [0.5, 0.6) is 0 Å². The molecule has 0 radical (unpaired) electrons. The first-order valence-corrected chi connectivity index (χ1v) is 7.50. The predicted octanol–water partition coefficient (Wildman–Crippen LogP) is 2.97. The number of carbonyl (C=O) groups excluding carboxylic acids is 1.